The van der Waals surface area contributed by atoms with Gasteiger partial charge in [0, 0.05) is 5.52 Å². The Morgan fingerprint density at radius 1 is 1.17 bits per heavy atom. The molecule has 4 rings (SSSR count). The Morgan fingerprint density at radius 2 is 1.90 bits per heavy atom. The van der Waals surface area contributed by atoms with Crippen molar-refractivity contribution in [2.75, 3.05) is 32.7 Å². The van der Waals surface area contributed by atoms with E-state index in [0.717, 1.165) is 55.0 Å². The number of aromatic nitrogens is 5. The predicted molar refractivity (Wildman–Crippen MR) is 116 cm³/mol. The van der Waals surface area contributed by atoms with Gasteiger partial charge in [-0.05, 0) is 68.6 Å². The summed E-state index contributed by atoms with van der Waals surface area (Å²) in [5.74, 6) is 0.759. The standard InChI is InChI=1S/C22H31N7O/c1-6-27-9-11-28(12-10-27)19(20-24-25-26-29(20)22(3,4)5)17-14-16-13-15(2)7-8-18(16)23-21(17)30/h7-8,13-14,19H,6,9-12H2,1-5H3,(H,23,30)/p+2/t19-/m1/s1. The van der Waals surface area contributed by atoms with E-state index >= 15 is 0 Å². The highest BCUT2D eigenvalue weighted by Gasteiger charge is 2.38. The number of piperazine rings is 1. The molecule has 0 unspecified atom stereocenters. The van der Waals surface area contributed by atoms with E-state index in [4.69, 9.17) is 0 Å². The van der Waals surface area contributed by atoms with Gasteiger partial charge in [0.1, 0.15) is 26.2 Å². The number of quaternary nitrogens is 2. The third-order valence-electron chi connectivity index (χ3n) is 6.23. The largest absolute Gasteiger partial charge is 0.326 e. The van der Waals surface area contributed by atoms with Gasteiger partial charge in [0.15, 0.2) is 6.04 Å². The van der Waals surface area contributed by atoms with Crippen LogP contribution in [0.5, 0.6) is 0 Å². The Bertz CT molecular complexity index is 1090. The summed E-state index contributed by atoms with van der Waals surface area (Å²) in [6.07, 6.45) is 0. The predicted octanol–water partition coefficient (Wildman–Crippen LogP) is -0.529. The van der Waals surface area contributed by atoms with Crippen LogP contribution in [0.25, 0.3) is 10.9 Å². The molecule has 3 aromatic rings. The molecule has 0 bridgehead atoms. The van der Waals surface area contributed by atoms with Crippen molar-refractivity contribution in [2.24, 2.45) is 0 Å². The number of hydrogen-bond acceptors (Lipinski definition) is 4. The number of nitrogens with one attached hydrogen (secondary N) is 3. The summed E-state index contributed by atoms with van der Waals surface area (Å²) in [5.41, 5.74) is 2.44. The van der Waals surface area contributed by atoms with Gasteiger partial charge >= 0.3 is 0 Å². The number of likely N-dealkylation sites (N-methyl/N-ethyl adjacent to an activating group) is 1. The Morgan fingerprint density at radius 3 is 2.57 bits per heavy atom. The molecule has 3 heterocycles. The lowest BCUT2D eigenvalue weighted by Gasteiger charge is -2.34. The van der Waals surface area contributed by atoms with Crippen molar-refractivity contribution in [3.05, 3.63) is 51.6 Å². The van der Waals surface area contributed by atoms with Gasteiger partial charge in [-0.25, -0.2) is 4.68 Å². The molecule has 0 saturated carbocycles. The molecule has 8 nitrogen and oxygen atoms in total. The van der Waals surface area contributed by atoms with Gasteiger partial charge in [-0.2, -0.15) is 0 Å². The normalized spacial score (nSPS) is 21.1. The Kier molecular flexibility index (Phi) is 5.46. The summed E-state index contributed by atoms with van der Waals surface area (Å²) < 4.78 is 1.88. The van der Waals surface area contributed by atoms with Gasteiger partial charge in [0.05, 0.1) is 17.6 Å². The van der Waals surface area contributed by atoms with E-state index in [2.05, 4.69) is 61.2 Å². The number of nitrogens with zero attached hydrogens (tertiary/aromatic N) is 4. The molecule has 1 aromatic carbocycles. The zero-order valence-corrected chi connectivity index (χ0v) is 18.6. The van der Waals surface area contributed by atoms with Crippen LogP contribution in [0, 0.1) is 6.92 Å². The first kappa shape index (κ1) is 20.7. The Balaban J connectivity index is 1.86. The van der Waals surface area contributed by atoms with E-state index in [1.165, 1.54) is 10.5 Å². The molecule has 1 aliphatic heterocycles. The Labute approximate surface area is 176 Å². The van der Waals surface area contributed by atoms with Crippen molar-refractivity contribution in [3.63, 3.8) is 0 Å². The average Bonchev–Trinajstić information content (AvgIpc) is 3.19. The molecular weight excluding hydrogens is 378 g/mol. The number of rotatable bonds is 4. The van der Waals surface area contributed by atoms with Crippen LogP contribution in [-0.4, -0.2) is 57.9 Å². The molecule has 160 valence electrons. The minimum Gasteiger partial charge on any atom is -0.326 e. The first-order valence-corrected chi connectivity index (χ1v) is 10.9. The van der Waals surface area contributed by atoms with E-state index < -0.39 is 0 Å². The van der Waals surface area contributed by atoms with Crippen LogP contribution in [0.3, 0.4) is 0 Å². The molecule has 0 radical (unpaired) electrons. The van der Waals surface area contributed by atoms with Crippen LogP contribution >= 0.6 is 0 Å². The van der Waals surface area contributed by atoms with E-state index in [-0.39, 0.29) is 17.1 Å². The van der Waals surface area contributed by atoms with E-state index in [1.807, 2.05) is 22.9 Å². The number of aromatic amines is 1. The average molecular weight is 412 g/mol. The number of pyridine rings is 1. The topological polar surface area (TPSA) is 85.3 Å². The van der Waals surface area contributed by atoms with Crippen LogP contribution in [-0.2, 0) is 5.54 Å². The molecule has 2 aromatic heterocycles. The maximum absolute atomic E-state index is 13.2. The molecule has 3 N–H and O–H groups in total. The second kappa shape index (κ2) is 7.92. The fourth-order valence-corrected chi connectivity index (χ4v) is 4.52. The highest BCUT2D eigenvalue weighted by molar-refractivity contribution is 5.79. The quantitative estimate of drug-likeness (QED) is 0.539. The number of hydrogen-bond donors (Lipinski definition) is 3. The molecular formula is C22H33N7O+2. The Hall–Kier alpha value is -2.58. The second-order valence-corrected chi connectivity index (χ2v) is 9.46. The lowest BCUT2D eigenvalue weighted by molar-refractivity contribution is -1.02. The minimum atomic E-state index is -0.271. The van der Waals surface area contributed by atoms with E-state index in [1.54, 1.807) is 4.90 Å². The van der Waals surface area contributed by atoms with Crippen LogP contribution in [0.15, 0.2) is 29.1 Å². The summed E-state index contributed by atoms with van der Waals surface area (Å²) >= 11 is 0. The van der Waals surface area contributed by atoms with Crippen LogP contribution in [0.2, 0.25) is 0 Å². The molecule has 1 atom stereocenters. The minimum absolute atomic E-state index is 0.0578. The summed E-state index contributed by atoms with van der Waals surface area (Å²) in [6.45, 7) is 15.8. The molecule has 0 spiro atoms. The smallest absolute Gasteiger partial charge is 0.258 e. The molecule has 1 aliphatic rings. The number of benzene rings is 1. The van der Waals surface area contributed by atoms with Crippen molar-refractivity contribution in [3.8, 4) is 0 Å². The molecule has 0 amide bonds. The molecule has 1 fully saturated rings. The van der Waals surface area contributed by atoms with E-state index in [9.17, 15) is 4.79 Å². The van der Waals surface area contributed by atoms with Crippen LogP contribution in [0.1, 0.15) is 50.7 Å². The molecule has 30 heavy (non-hydrogen) atoms. The van der Waals surface area contributed by atoms with Crippen LogP contribution in [0.4, 0.5) is 0 Å². The highest BCUT2D eigenvalue weighted by atomic mass is 16.1. The van der Waals surface area contributed by atoms with Crippen molar-refractivity contribution in [1.82, 2.24) is 25.2 Å². The molecule has 1 saturated heterocycles. The van der Waals surface area contributed by atoms with Crippen molar-refractivity contribution in [1.29, 1.82) is 0 Å². The van der Waals surface area contributed by atoms with Crippen LogP contribution < -0.4 is 15.4 Å². The monoisotopic (exact) mass is 411 g/mol. The van der Waals surface area contributed by atoms with E-state index in [0.29, 0.717) is 0 Å². The fraction of sp³-hybridized carbons (Fsp3) is 0.545. The third kappa shape index (κ3) is 3.89. The number of fused-ring (bicyclic) bond motifs is 1. The van der Waals surface area contributed by atoms with Crippen molar-refractivity contribution in [2.45, 2.75) is 46.2 Å². The van der Waals surface area contributed by atoms with Gasteiger partial charge in [-0.3, -0.25) is 4.79 Å². The number of tetrazole rings is 1. The van der Waals surface area contributed by atoms with Gasteiger partial charge in [0.2, 0.25) is 5.82 Å². The first-order chi connectivity index (χ1) is 14.3. The SMILES string of the molecule is CC[NH+]1CC[NH+]([C@H](c2cc3cc(C)ccc3[nH]c2=O)c2nnnn2C(C)(C)C)CC1. The first-order valence-electron chi connectivity index (χ1n) is 10.9. The van der Waals surface area contributed by atoms with Crippen molar-refractivity contribution >= 4 is 10.9 Å². The van der Waals surface area contributed by atoms with Gasteiger partial charge in [-0.1, -0.05) is 11.6 Å². The molecule has 0 aliphatic carbocycles. The maximum atomic E-state index is 13.2. The summed E-state index contributed by atoms with van der Waals surface area (Å²) in [6, 6.07) is 7.95. The maximum Gasteiger partial charge on any atom is 0.258 e. The number of aryl methyl sites for hydroxylation is 1. The lowest BCUT2D eigenvalue weighted by atomic mass is 10.0. The summed E-state index contributed by atoms with van der Waals surface area (Å²) in [7, 11) is 0. The molecule has 8 heteroatoms. The van der Waals surface area contributed by atoms with Gasteiger partial charge in [-0.15, -0.1) is 5.10 Å². The zero-order chi connectivity index (χ0) is 21.5. The summed E-state index contributed by atoms with van der Waals surface area (Å²) in [5, 5.41) is 13.8. The second-order valence-electron chi connectivity index (χ2n) is 9.46. The summed E-state index contributed by atoms with van der Waals surface area (Å²) in [4.78, 5) is 19.3. The van der Waals surface area contributed by atoms with Gasteiger partial charge in [0.25, 0.3) is 5.56 Å². The van der Waals surface area contributed by atoms with Gasteiger partial charge < -0.3 is 14.8 Å². The lowest BCUT2D eigenvalue weighted by Crippen LogP contribution is -3.28. The highest BCUT2D eigenvalue weighted by Crippen LogP contribution is 2.22. The third-order valence-corrected chi connectivity index (χ3v) is 6.23. The fourth-order valence-electron chi connectivity index (χ4n) is 4.52. The number of H-pyrrole nitrogens is 1. The zero-order valence-electron chi connectivity index (χ0n) is 18.6. The van der Waals surface area contributed by atoms with Crippen molar-refractivity contribution < 1.29 is 9.80 Å².